The van der Waals surface area contributed by atoms with Crippen LogP contribution in [-0.2, 0) is 0 Å². The third-order valence-electron chi connectivity index (χ3n) is 2.38. The van der Waals surface area contributed by atoms with Gasteiger partial charge in [0, 0.05) is 19.6 Å². The Balaban J connectivity index is 2.35. The van der Waals surface area contributed by atoms with E-state index in [1.165, 1.54) is 0 Å². The van der Waals surface area contributed by atoms with Crippen molar-refractivity contribution in [2.45, 2.75) is 25.4 Å². The minimum atomic E-state index is -0.243. The van der Waals surface area contributed by atoms with Crippen molar-refractivity contribution in [1.82, 2.24) is 10.2 Å². The zero-order chi connectivity index (χ0) is 10.4. The Morgan fingerprint density at radius 3 is 3.07 bits per heavy atom. The van der Waals surface area contributed by atoms with Gasteiger partial charge in [0.1, 0.15) is 0 Å². The van der Waals surface area contributed by atoms with Crippen molar-refractivity contribution >= 4 is 6.03 Å². The second-order valence-corrected chi connectivity index (χ2v) is 3.55. The van der Waals surface area contributed by atoms with Gasteiger partial charge in [0.25, 0.3) is 0 Å². The molecule has 1 unspecified atom stereocenters. The van der Waals surface area contributed by atoms with Gasteiger partial charge in [-0.3, -0.25) is 0 Å². The number of likely N-dealkylation sites (tertiary alicyclic amines) is 1. The first-order valence-electron chi connectivity index (χ1n) is 5.05. The molecule has 1 heterocycles. The van der Waals surface area contributed by atoms with Crippen LogP contribution in [0.25, 0.3) is 0 Å². The highest BCUT2D eigenvalue weighted by molar-refractivity contribution is 5.74. The molecule has 0 aromatic carbocycles. The van der Waals surface area contributed by atoms with Crippen LogP contribution >= 0.6 is 0 Å². The summed E-state index contributed by atoms with van der Waals surface area (Å²) in [6, 6.07) is -0.0565. The minimum Gasteiger partial charge on any atom is -0.393 e. The van der Waals surface area contributed by atoms with Crippen molar-refractivity contribution in [1.29, 1.82) is 0 Å². The van der Waals surface area contributed by atoms with Gasteiger partial charge in [0.2, 0.25) is 0 Å². The molecule has 1 saturated heterocycles. The van der Waals surface area contributed by atoms with Crippen LogP contribution in [0.2, 0.25) is 0 Å². The van der Waals surface area contributed by atoms with Crippen LogP contribution in [0.3, 0.4) is 0 Å². The predicted molar refractivity (Wildman–Crippen MR) is 55.0 cm³/mol. The highest BCUT2D eigenvalue weighted by Crippen LogP contribution is 2.10. The third kappa shape index (κ3) is 3.38. The lowest BCUT2D eigenvalue weighted by molar-refractivity contribution is 0.155. The van der Waals surface area contributed by atoms with Crippen LogP contribution in [0.1, 0.15) is 19.3 Å². The van der Waals surface area contributed by atoms with E-state index in [0.29, 0.717) is 19.5 Å². The van der Waals surface area contributed by atoms with Gasteiger partial charge < -0.3 is 15.3 Å². The van der Waals surface area contributed by atoms with E-state index in [-0.39, 0.29) is 12.1 Å². The molecule has 0 spiro atoms. The molecule has 80 valence electrons. The summed E-state index contributed by atoms with van der Waals surface area (Å²) in [5.74, 6) is 0. The highest BCUT2D eigenvalue weighted by Gasteiger charge is 2.18. The summed E-state index contributed by atoms with van der Waals surface area (Å²) in [5, 5.41) is 12.1. The molecule has 2 amide bonds. The molecule has 0 radical (unpaired) electrons. The summed E-state index contributed by atoms with van der Waals surface area (Å²) in [4.78, 5) is 13.3. The largest absolute Gasteiger partial charge is 0.393 e. The molecule has 14 heavy (non-hydrogen) atoms. The number of urea groups is 1. The molecule has 1 fully saturated rings. The maximum absolute atomic E-state index is 11.5. The monoisotopic (exact) mass is 198 g/mol. The van der Waals surface area contributed by atoms with Crippen molar-refractivity contribution in [3.63, 3.8) is 0 Å². The average molecular weight is 198 g/mol. The van der Waals surface area contributed by atoms with Gasteiger partial charge in [-0.1, -0.05) is 6.08 Å². The SMILES string of the molecule is C=CCNC(=O)N1CCCC(O)CC1. The molecule has 0 aromatic heterocycles. The topological polar surface area (TPSA) is 52.6 Å². The molecular weight excluding hydrogens is 180 g/mol. The van der Waals surface area contributed by atoms with E-state index in [4.69, 9.17) is 0 Å². The van der Waals surface area contributed by atoms with Crippen LogP contribution in [0.15, 0.2) is 12.7 Å². The summed E-state index contributed by atoms with van der Waals surface area (Å²) in [7, 11) is 0. The molecule has 4 nitrogen and oxygen atoms in total. The van der Waals surface area contributed by atoms with Crippen LogP contribution in [0, 0.1) is 0 Å². The fourth-order valence-electron chi connectivity index (χ4n) is 1.55. The molecule has 1 atom stereocenters. The van der Waals surface area contributed by atoms with Crippen molar-refractivity contribution in [2.24, 2.45) is 0 Å². The summed E-state index contributed by atoms with van der Waals surface area (Å²) in [5.41, 5.74) is 0. The van der Waals surface area contributed by atoms with Crippen LogP contribution in [0.4, 0.5) is 4.79 Å². The molecule has 0 bridgehead atoms. The van der Waals surface area contributed by atoms with E-state index in [1.807, 2.05) is 0 Å². The number of nitrogens with zero attached hydrogens (tertiary/aromatic N) is 1. The van der Waals surface area contributed by atoms with Gasteiger partial charge in [-0.2, -0.15) is 0 Å². The van der Waals surface area contributed by atoms with E-state index >= 15 is 0 Å². The molecule has 0 saturated carbocycles. The van der Waals surface area contributed by atoms with Gasteiger partial charge in [0.05, 0.1) is 6.10 Å². The zero-order valence-electron chi connectivity index (χ0n) is 8.41. The number of hydrogen-bond donors (Lipinski definition) is 2. The second kappa shape index (κ2) is 5.65. The molecule has 4 heteroatoms. The lowest BCUT2D eigenvalue weighted by atomic mass is 10.2. The first-order valence-corrected chi connectivity index (χ1v) is 5.05. The summed E-state index contributed by atoms with van der Waals surface area (Å²) in [6.45, 7) is 5.41. The number of carbonyl (C=O) groups is 1. The molecule has 1 rings (SSSR count). The van der Waals surface area contributed by atoms with Gasteiger partial charge in [0.15, 0.2) is 0 Å². The predicted octanol–water partition coefficient (Wildman–Crippen LogP) is 0.729. The molecule has 1 aliphatic heterocycles. The number of carbonyl (C=O) groups excluding carboxylic acids is 1. The van der Waals surface area contributed by atoms with Gasteiger partial charge in [-0.15, -0.1) is 6.58 Å². The number of hydrogen-bond acceptors (Lipinski definition) is 2. The van der Waals surface area contributed by atoms with E-state index in [2.05, 4.69) is 11.9 Å². The van der Waals surface area contributed by atoms with E-state index in [0.717, 1.165) is 19.4 Å². The van der Waals surface area contributed by atoms with Crippen molar-refractivity contribution < 1.29 is 9.90 Å². The Hall–Kier alpha value is -1.03. The third-order valence-corrected chi connectivity index (χ3v) is 2.38. The molecular formula is C10H18N2O2. The minimum absolute atomic E-state index is 0.0565. The van der Waals surface area contributed by atoms with Crippen molar-refractivity contribution in [3.05, 3.63) is 12.7 Å². The van der Waals surface area contributed by atoms with Crippen LogP contribution in [0.5, 0.6) is 0 Å². The van der Waals surface area contributed by atoms with Gasteiger partial charge in [-0.25, -0.2) is 4.79 Å². The number of amides is 2. The Kier molecular flexibility index (Phi) is 4.46. The maximum atomic E-state index is 11.5. The van der Waals surface area contributed by atoms with E-state index < -0.39 is 0 Å². The number of aliphatic hydroxyl groups excluding tert-OH is 1. The standard InChI is InChI=1S/C10H18N2O2/c1-2-6-11-10(14)12-7-3-4-9(13)5-8-12/h2,9,13H,1,3-8H2,(H,11,14). The van der Waals surface area contributed by atoms with Crippen molar-refractivity contribution in [3.8, 4) is 0 Å². The van der Waals surface area contributed by atoms with Crippen LogP contribution < -0.4 is 5.32 Å². The molecule has 2 N–H and O–H groups in total. The lowest BCUT2D eigenvalue weighted by Crippen LogP contribution is -2.40. The second-order valence-electron chi connectivity index (χ2n) is 3.55. The number of aliphatic hydroxyl groups is 1. The fourth-order valence-corrected chi connectivity index (χ4v) is 1.55. The van der Waals surface area contributed by atoms with Crippen molar-refractivity contribution in [2.75, 3.05) is 19.6 Å². The Bertz CT molecular complexity index is 206. The summed E-state index contributed by atoms with van der Waals surface area (Å²) >= 11 is 0. The van der Waals surface area contributed by atoms with Crippen LogP contribution in [-0.4, -0.2) is 41.8 Å². The quantitative estimate of drug-likeness (QED) is 0.643. The lowest BCUT2D eigenvalue weighted by Gasteiger charge is -2.20. The molecule has 0 aromatic rings. The number of rotatable bonds is 2. The molecule has 1 aliphatic rings. The first kappa shape index (κ1) is 11.0. The van der Waals surface area contributed by atoms with Gasteiger partial charge >= 0.3 is 6.03 Å². The van der Waals surface area contributed by atoms with Gasteiger partial charge in [-0.05, 0) is 19.3 Å². The smallest absolute Gasteiger partial charge is 0.317 e. The molecule has 0 aliphatic carbocycles. The average Bonchev–Trinajstić information content (AvgIpc) is 2.39. The summed E-state index contributed by atoms with van der Waals surface area (Å²) < 4.78 is 0. The Labute approximate surface area is 84.6 Å². The van der Waals surface area contributed by atoms with E-state index in [1.54, 1.807) is 11.0 Å². The highest BCUT2D eigenvalue weighted by atomic mass is 16.3. The Morgan fingerprint density at radius 1 is 1.57 bits per heavy atom. The fraction of sp³-hybridized carbons (Fsp3) is 0.700. The Morgan fingerprint density at radius 2 is 2.36 bits per heavy atom. The summed E-state index contributed by atoms with van der Waals surface area (Å²) in [6.07, 6.45) is 3.77. The maximum Gasteiger partial charge on any atom is 0.317 e. The zero-order valence-corrected chi connectivity index (χ0v) is 8.41. The van der Waals surface area contributed by atoms with E-state index in [9.17, 15) is 9.90 Å². The number of nitrogens with one attached hydrogen (secondary N) is 1. The first-order chi connectivity index (χ1) is 6.74. The normalized spacial score (nSPS) is 22.6.